The van der Waals surface area contributed by atoms with Crippen LogP contribution in [-0.4, -0.2) is 145 Å². The normalized spacial score (nSPS) is 12.1. The average Bonchev–Trinajstić information content (AvgIpc) is 3.54. The zero-order valence-electron chi connectivity index (χ0n) is 32.5. The van der Waals surface area contributed by atoms with Gasteiger partial charge in [0.2, 0.25) is 0 Å². The summed E-state index contributed by atoms with van der Waals surface area (Å²) in [6.45, 7) is 10.1. The highest BCUT2D eigenvalue weighted by Gasteiger charge is 2.28. The van der Waals surface area contributed by atoms with Crippen LogP contribution in [0.1, 0.15) is 23.5 Å². The summed E-state index contributed by atoms with van der Waals surface area (Å²) in [5.41, 5.74) is 11.2. The molecule has 4 rings (SSSR count). The lowest BCUT2D eigenvalue weighted by molar-refractivity contribution is -0.0254. The fourth-order valence-corrected chi connectivity index (χ4v) is 5.66. The third kappa shape index (κ3) is 18.9. The summed E-state index contributed by atoms with van der Waals surface area (Å²) in [6, 6.07) is 23.8. The molecule has 310 valence electrons. The van der Waals surface area contributed by atoms with Crippen LogP contribution >= 0.6 is 0 Å². The summed E-state index contributed by atoms with van der Waals surface area (Å²) in [7, 11) is 0. The summed E-state index contributed by atoms with van der Waals surface area (Å²) in [5.74, 6) is 0.816. The Labute approximate surface area is 331 Å². The van der Waals surface area contributed by atoms with Gasteiger partial charge in [0.25, 0.3) is 0 Å². The molecule has 14 nitrogen and oxygen atoms in total. The quantitative estimate of drug-likeness (QED) is 0.0634. The number of ether oxygens (including phenoxy) is 11. The summed E-state index contributed by atoms with van der Waals surface area (Å²) in [5, 5.41) is 2.81. The molecule has 0 spiro atoms. The maximum Gasteiger partial charge on any atom is 0.407 e. The summed E-state index contributed by atoms with van der Waals surface area (Å²) in [4.78, 5) is 12.3. The molecule has 0 atom stereocenters. The van der Waals surface area contributed by atoms with E-state index in [1.54, 1.807) is 12.1 Å². The van der Waals surface area contributed by atoms with Gasteiger partial charge in [-0.05, 0) is 52.9 Å². The summed E-state index contributed by atoms with van der Waals surface area (Å²) >= 11 is 0. The summed E-state index contributed by atoms with van der Waals surface area (Å²) < 4.78 is 60.7. The lowest BCUT2D eigenvalue weighted by Gasteiger charge is -2.14. The highest BCUT2D eigenvalue weighted by atomic mass is 16.6. The fourth-order valence-electron chi connectivity index (χ4n) is 5.66. The fraction of sp³-hybridized carbons (Fsp3) is 0.548. The number of fused-ring (bicyclic) bond motifs is 3. The maximum absolute atomic E-state index is 12.3. The molecule has 0 aliphatic heterocycles. The molecule has 0 bridgehead atoms. The maximum atomic E-state index is 12.3. The van der Waals surface area contributed by atoms with E-state index in [1.165, 1.54) is 22.3 Å². The van der Waals surface area contributed by atoms with Gasteiger partial charge in [-0.15, -0.1) is 0 Å². The molecule has 1 amide bonds. The molecule has 0 saturated carbocycles. The lowest BCUT2D eigenvalue weighted by atomic mass is 9.98. The number of nitrogens with two attached hydrogens (primary N) is 1. The Hall–Kier alpha value is -3.83. The molecule has 0 heterocycles. The van der Waals surface area contributed by atoms with Crippen molar-refractivity contribution in [2.45, 2.75) is 12.3 Å². The van der Waals surface area contributed by atoms with E-state index in [2.05, 4.69) is 29.6 Å². The van der Waals surface area contributed by atoms with Crippen molar-refractivity contribution in [2.75, 3.05) is 144 Å². The van der Waals surface area contributed by atoms with Gasteiger partial charge in [0, 0.05) is 24.8 Å². The first-order valence-electron chi connectivity index (χ1n) is 19.5. The number of anilines is 1. The third-order valence-corrected chi connectivity index (χ3v) is 8.43. The van der Waals surface area contributed by atoms with Crippen LogP contribution in [0.2, 0.25) is 0 Å². The molecule has 3 N–H and O–H groups in total. The number of carbonyl (C=O) groups is 1. The van der Waals surface area contributed by atoms with Crippen molar-refractivity contribution in [1.29, 1.82) is 0 Å². The highest BCUT2D eigenvalue weighted by Crippen LogP contribution is 2.44. The first kappa shape index (κ1) is 44.9. The third-order valence-electron chi connectivity index (χ3n) is 8.43. The minimum atomic E-state index is -0.416. The molecule has 0 fully saturated rings. The second-order valence-corrected chi connectivity index (χ2v) is 12.5. The largest absolute Gasteiger partial charge is 0.491 e. The second kappa shape index (κ2) is 29.4. The number of rotatable bonds is 34. The van der Waals surface area contributed by atoms with Crippen LogP contribution in [0.4, 0.5) is 10.5 Å². The zero-order valence-corrected chi connectivity index (χ0v) is 32.5. The van der Waals surface area contributed by atoms with Gasteiger partial charge >= 0.3 is 6.09 Å². The predicted molar refractivity (Wildman–Crippen MR) is 211 cm³/mol. The van der Waals surface area contributed by atoms with E-state index in [1.807, 2.05) is 36.4 Å². The number of amides is 1. The number of nitrogens with one attached hydrogen (secondary N) is 1. The molecule has 56 heavy (non-hydrogen) atoms. The van der Waals surface area contributed by atoms with Crippen molar-refractivity contribution < 1.29 is 56.9 Å². The average molecular weight is 785 g/mol. The number of hydrogen-bond donors (Lipinski definition) is 2. The molecule has 3 aromatic rings. The number of carbonyl (C=O) groups excluding carboxylic acids is 1. The van der Waals surface area contributed by atoms with Crippen LogP contribution in [0, 0.1) is 0 Å². The van der Waals surface area contributed by atoms with E-state index in [9.17, 15) is 4.79 Å². The van der Waals surface area contributed by atoms with E-state index < -0.39 is 6.09 Å². The first-order chi connectivity index (χ1) is 27.7. The Morgan fingerprint density at radius 3 is 1.29 bits per heavy atom. The van der Waals surface area contributed by atoms with Gasteiger partial charge < -0.3 is 63.2 Å². The van der Waals surface area contributed by atoms with Gasteiger partial charge in [0.15, 0.2) is 0 Å². The lowest BCUT2D eigenvalue weighted by Crippen LogP contribution is -2.27. The molecular weight excluding hydrogens is 724 g/mol. The van der Waals surface area contributed by atoms with Crippen molar-refractivity contribution >= 4 is 11.8 Å². The van der Waals surface area contributed by atoms with Gasteiger partial charge in [0.1, 0.15) is 19.0 Å². The van der Waals surface area contributed by atoms with Crippen molar-refractivity contribution in [1.82, 2.24) is 5.32 Å². The van der Waals surface area contributed by atoms with Gasteiger partial charge in [-0.25, -0.2) is 4.79 Å². The second-order valence-electron chi connectivity index (χ2n) is 12.5. The molecule has 3 aromatic carbocycles. The Morgan fingerprint density at radius 1 is 0.482 bits per heavy atom. The molecular formula is C42H60N2O12. The number of hydrogen-bond acceptors (Lipinski definition) is 13. The van der Waals surface area contributed by atoms with E-state index in [0.29, 0.717) is 151 Å². The van der Waals surface area contributed by atoms with E-state index in [-0.39, 0.29) is 5.92 Å². The van der Waals surface area contributed by atoms with Crippen molar-refractivity contribution in [3.05, 3.63) is 83.9 Å². The number of benzene rings is 3. The molecule has 0 saturated heterocycles. The Morgan fingerprint density at radius 2 is 0.857 bits per heavy atom. The topological polar surface area (TPSA) is 157 Å². The summed E-state index contributed by atoms with van der Waals surface area (Å²) in [6.07, 6.45) is 0.267. The van der Waals surface area contributed by atoms with Crippen LogP contribution in [0.25, 0.3) is 11.1 Å². The Kier molecular flexibility index (Phi) is 23.6. The van der Waals surface area contributed by atoms with E-state index in [4.69, 9.17) is 57.8 Å². The Bertz CT molecular complexity index is 1400. The van der Waals surface area contributed by atoms with Crippen LogP contribution in [0.15, 0.2) is 72.8 Å². The molecule has 0 unspecified atom stereocenters. The standard InChI is InChI=1S/C42H60N2O12/c43-35-10-12-36(13-11-35)55-33-32-54-31-30-53-29-28-52-27-26-51-25-24-50-23-22-49-21-20-48-19-18-47-17-16-46-15-5-14-44-42(45)56-34-41-39-8-3-1-6-37(39)38-7-2-4-9-40(38)41/h1-4,6-13,41H,5,14-34,43H2,(H,44,45). The van der Waals surface area contributed by atoms with E-state index in [0.717, 1.165) is 5.75 Å². The molecule has 1 aliphatic rings. The van der Waals surface area contributed by atoms with Crippen LogP contribution in [0.5, 0.6) is 5.75 Å². The minimum Gasteiger partial charge on any atom is -0.491 e. The molecule has 0 aromatic heterocycles. The number of alkyl carbamates (subject to hydrolysis) is 1. The molecule has 0 radical (unpaired) electrons. The monoisotopic (exact) mass is 784 g/mol. The van der Waals surface area contributed by atoms with Crippen LogP contribution < -0.4 is 15.8 Å². The van der Waals surface area contributed by atoms with Gasteiger partial charge in [-0.1, -0.05) is 48.5 Å². The zero-order chi connectivity index (χ0) is 39.1. The molecule has 14 heteroatoms. The van der Waals surface area contributed by atoms with Gasteiger partial charge in [-0.2, -0.15) is 0 Å². The minimum absolute atomic E-state index is 0.0484. The molecule has 1 aliphatic carbocycles. The smallest absolute Gasteiger partial charge is 0.407 e. The van der Waals surface area contributed by atoms with Gasteiger partial charge in [-0.3, -0.25) is 0 Å². The van der Waals surface area contributed by atoms with E-state index >= 15 is 0 Å². The van der Waals surface area contributed by atoms with Crippen molar-refractivity contribution in [3.8, 4) is 16.9 Å². The first-order valence-corrected chi connectivity index (χ1v) is 19.5. The highest BCUT2D eigenvalue weighted by molar-refractivity contribution is 5.79. The van der Waals surface area contributed by atoms with Crippen molar-refractivity contribution in [2.24, 2.45) is 0 Å². The van der Waals surface area contributed by atoms with Crippen LogP contribution in [-0.2, 0) is 47.4 Å². The van der Waals surface area contributed by atoms with Crippen molar-refractivity contribution in [3.63, 3.8) is 0 Å². The predicted octanol–water partition coefficient (Wildman–Crippen LogP) is 4.73. The SMILES string of the molecule is Nc1ccc(OCCOCCOCCOCCOCCOCCOCCOCCOCCOCCCNC(=O)OCC2c3ccccc3-c3ccccc32)cc1. The number of nitrogen functional groups attached to an aromatic ring is 1. The van der Waals surface area contributed by atoms with Crippen LogP contribution in [0.3, 0.4) is 0 Å². The van der Waals surface area contributed by atoms with Gasteiger partial charge in [0.05, 0.1) is 112 Å². The Balaban J connectivity index is 0.786.